The number of hydrogen-bond acceptors (Lipinski definition) is 4. The molecule has 0 unspecified atom stereocenters. The Morgan fingerprint density at radius 1 is 1.32 bits per heavy atom. The monoisotopic (exact) mass is 281 g/mol. The molecule has 102 valence electrons. The van der Waals surface area contributed by atoms with Crippen LogP contribution in [0.1, 0.15) is 12.5 Å². The number of carbonyl (C=O) groups is 2. The van der Waals surface area contributed by atoms with E-state index in [-0.39, 0.29) is 24.9 Å². The van der Waals surface area contributed by atoms with Crippen LogP contribution in [0.4, 0.5) is 5.69 Å². The van der Waals surface area contributed by atoms with Gasteiger partial charge >= 0.3 is 0 Å². The standard InChI is InChI=1S/C13H16ClN3O2/c1-2-15-6-9-5-10(14)3-4-11(9)17-7-12(18)16-13(19)8-17/h3-5,15H,2,6-8H2,1H3,(H,16,18,19). The Balaban J connectivity index is 2.27. The highest BCUT2D eigenvalue weighted by atomic mass is 35.5. The summed E-state index contributed by atoms with van der Waals surface area (Å²) in [5.41, 5.74) is 1.85. The summed E-state index contributed by atoms with van der Waals surface area (Å²) in [4.78, 5) is 24.6. The third-order valence-corrected chi connectivity index (χ3v) is 3.13. The van der Waals surface area contributed by atoms with Crippen LogP contribution in [0.3, 0.4) is 0 Å². The largest absolute Gasteiger partial charge is 0.353 e. The van der Waals surface area contributed by atoms with Crippen LogP contribution in [0.5, 0.6) is 0 Å². The van der Waals surface area contributed by atoms with Gasteiger partial charge in [-0.25, -0.2) is 0 Å². The third-order valence-electron chi connectivity index (χ3n) is 2.90. The predicted octanol–water partition coefficient (Wildman–Crippen LogP) is 0.912. The summed E-state index contributed by atoms with van der Waals surface area (Å²) >= 11 is 6.00. The Hall–Kier alpha value is -1.59. The van der Waals surface area contributed by atoms with Crippen LogP contribution < -0.4 is 15.5 Å². The topological polar surface area (TPSA) is 61.4 Å². The molecule has 2 N–H and O–H groups in total. The third kappa shape index (κ3) is 3.45. The summed E-state index contributed by atoms with van der Waals surface area (Å²) in [7, 11) is 0. The van der Waals surface area contributed by atoms with E-state index >= 15 is 0 Å². The first kappa shape index (κ1) is 13.8. The molecular formula is C13H16ClN3O2. The molecule has 6 heteroatoms. The quantitative estimate of drug-likeness (QED) is 0.806. The zero-order chi connectivity index (χ0) is 13.8. The molecule has 0 aliphatic carbocycles. The maximum Gasteiger partial charge on any atom is 0.246 e. The van der Waals surface area contributed by atoms with Crippen molar-refractivity contribution in [1.29, 1.82) is 0 Å². The van der Waals surface area contributed by atoms with Crippen molar-refractivity contribution in [2.75, 3.05) is 24.5 Å². The van der Waals surface area contributed by atoms with E-state index in [2.05, 4.69) is 10.6 Å². The number of imide groups is 1. The van der Waals surface area contributed by atoms with Crippen molar-refractivity contribution in [2.24, 2.45) is 0 Å². The second kappa shape index (κ2) is 6.04. The molecule has 1 aliphatic rings. The van der Waals surface area contributed by atoms with E-state index in [9.17, 15) is 9.59 Å². The summed E-state index contributed by atoms with van der Waals surface area (Å²) < 4.78 is 0. The number of benzene rings is 1. The first-order chi connectivity index (χ1) is 9.10. The molecule has 2 amide bonds. The SMILES string of the molecule is CCNCc1cc(Cl)ccc1N1CC(=O)NC(=O)C1. The van der Waals surface area contributed by atoms with Gasteiger partial charge in [0.15, 0.2) is 0 Å². The Kier molecular flexibility index (Phi) is 4.39. The van der Waals surface area contributed by atoms with Gasteiger partial charge in [-0.05, 0) is 30.3 Å². The lowest BCUT2D eigenvalue weighted by Gasteiger charge is -2.29. The number of hydrogen-bond donors (Lipinski definition) is 2. The smallest absolute Gasteiger partial charge is 0.246 e. The number of rotatable bonds is 4. The van der Waals surface area contributed by atoms with Crippen LogP contribution in [-0.4, -0.2) is 31.4 Å². The Bertz CT molecular complexity index is 489. The molecule has 19 heavy (non-hydrogen) atoms. The number of nitrogens with one attached hydrogen (secondary N) is 2. The molecule has 1 aromatic rings. The van der Waals surface area contributed by atoms with E-state index in [0.29, 0.717) is 11.6 Å². The number of piperazine rings is 1. The highest BCUT2D eigenvalue weighted by Gasteiger charge is 2.24. The van der Waals surface area contributed by atoms with Crippen LogP contribution in [0.2, 0.25) is 5.02 Å². The van der Waals surface area contributed by atoms with E-state index in [1.54, 1.807) is 11.0 Å². The highest BCUT2D eigenvalue weighted by Crippen LogP contribution is 2.25. The average Bonchev–Trinajstić information content (AvgIpc) is 2.35. The van der Waals surface area contributed by atoms with Gasteiger partial charge in [0.05, 0.1) is 13.1 Å². The maximum absolute atomic E-state index is 11.4. The summed E-state index contributed by atoms with van der Waals surface area (Å²) in [6, 6.07) is 5.47. The molecule has 5 nitrogen and oxygen atoms in total. The number of amides is 2. The lowest BCUT2D eigenvalue weighted by molar-refractivity contribution is -0.130. The Morgan fingerprint density at radius 3 is 2.63 bits per heavy atom. The van der Waals surface area contributed by atoms with Gasteiger partial charge in [0.2, 0.25) is 11.8 Å². The van der Waals surface area contributed by atoms with Gasteiger partial charge in [0.25, 0.3) is 0 Å². The van der Waals surface area contributed by atoms with Crippen molar-refractivity contribution in [3.63, 3.8) is 0 Å². The minimum atomic E-state index is -0.277. The lowest BCUT2D eigenvalue weighted by atomic mass is 10.1. The minimum Gasteiger partial charge on any atom is -0.353 e. The fourth-order valence-electron chi connectivity index (χ4n) is 2.07. The van der Waals surface area contributed by atoms with Gasteiger partial charge in [0.1, 0.15) is 0 Å². The van der Waals surface area contributed by atoms with Gasteiger partial charge in [-0.3, -0.25) is 14.9 Å². The molecular weight excluding hydrogens is 266 g/mol. The van der Waals surface area contributed by atoms with Crippen molar-refractivity contribution in [1.82, 2.24) is 10.6 Å². The van der Waals surface area contributed by atoms with Crippen molar-refractivity contribution < 1.29 is 9.59 Å². The van der Waals surface area contributed by atoms with Gasteiger partial charge in [-0.1, -0.05) is 18.5 Å². The van der Waals surface area contributed by atoms with E-state index in [4.69, 9.17) is 11.6 Å². The van der Waals surface area contributed by atoms with Crippen LogP contribution in [0.15, 0.2) is 18.2 Å². The number of anilines is 1. The van der Waals surface area contributed by atoms with Crippen molar-refractivity contribution >= 4 is 29.1 Å². The second-order valence-corrected chi connectivity index (χ2v) is 4.82. The second-order valence-electron chi connectivity index (χ2n) is 4.38. The van der Waals surface area contributed by atoms with E-state index in [1.165, 1.54) is 0 Å². The fraction of sp³-hybridized carbons (Fsp3) is 0.385. The molecule has 1 saturated heterocycles. The Labute approximate surface area is 116 Å². The van der Waals surface area contributed by atoms with Crippen molar-refractivity contribution in [3.05, 3.63) is 28.8 Å². The van der Waals surface area contributed by atoms with Crippen LogP contribution >= 0.6 is 11.6 Å². The van der Waals surface area contributed by atoms with E-state index < -0.39 is 0 Å². The number of carbonyl (C=O) groups excluding carboxylic acids is 2. The molecule has 1 aliphatic heterocycles. The van der Waals surface area contributed by atoms with Gasteiger partial charge < -0.3 is 10.2 Å². The van der Waals surface area contributed by atoms with Crippen LogP contribution in [0.25, 0.3) is 0 Å². The average molecular weight is 282 g/mol. The van der Waals surface area contributed by atoms with E-state index in [0.717, 1.165) is 17.8 Å². The molecule has 1 aromatic carbocycles. The minimum absolute atomic E-state index is 0.187. The molecule has 2 rings (SSSR count). The van der Waals surface area contributed by atoms with Crippen LogP contribution in [0, 0.1) is 0 Å². The fourth-order valence-corrected chi connectivity index (χ4v) is 2.27. The van der Waals surface area contributed by atoms with E-state index in [1.807, 2.05) is 19.1 Å². The normalized spacial score (nSPS) is 15.6. The number of halogens is 1. The first-order valence-electron chi connectivity index (χ1n) is 6.17. The van der Waals surface area contributed by atoms with Gasteiger partial charge in [-0.15, -0.1) is 0 Å². The number of nitrogens with zero attached hydrogens (tertiary/aromatic N) is 1. The molecule has 0 spiro atoms. The summed E-state index contributed by atoms with van der Waals surface area (Å²) in [5, 5.41) is 6.16. The molecule has 0 bridgehead atoms. The van der Waals surface area contributed by atoms with Crippen LogP contribution in [-0.2, 0) is 16.1 Å². The highest BCUT2D eigenvalue weighted by molar-refractivity contribution is 6.30. The Morgan fingerprint density at radius 2 is 2.00 bits per heavy atom. The molecule has 1 fully saturated rings. The van der Waals surface area contributed by atoms with Crippen molar-refractivity contribution in [2.45, 2.75) is 13.5 Å². The summed E-state index contributed by atoms with van der Waals surface area (Å²) in [6.07, 6.45) is 0. The van der Waals surface area contributed by atoms with Gasteiger partial charge in [-0.2, -0.15) is 0 Å². The summed E-state index contributed by atoms with van der Waals surface area (Å²) in [6.45, 7) is 3.88. The molecule has 0 atom stereocenters. The molecule has 0 radical (unpaired) electrons. The molecule has 0 aromatic heterocycles. The zero-order valence-electron chi connectivity index (χ0n) is 10.7. The predicted molar refractivity (Wildman–Crippen MR) is 74.2 cm³/mol. The molecule has 1 heterocycles. The van der Waals surface area contributed by atoms with Gasteiger partial charge in [0, 0.05) is 17.3 Å². The first-order valence-corrected chi connectivity index (χ1v) is 6.54. The zero-order valence-corrected chi connectivity index (χ0v) is 11.5. The molecule has 0 saturated carbocycles. The lowest BCUT2D eigenvalue weighted by Crippen LogP contribution is -2.51. The summed E-state index contributed by atoms with van der Waals surface area (Å²) in [5.74, 6) is -0.554. The maximum atomic E-state index is 11.4. The van der Waals surface area contributed by atoms with Crippen molar-refractivity contribution in [3.8, 4) is 0 Å².